The number of ether oxygens (including phenoxy) is 2. The molecule has 7 nitrogen and oxygen atoms in total. The highest BCUT2D eigenvalue weighted by molar-refractivity contribution is 6.38. The summed E-state index contributed by atoms with van der Waals surface area (Å²) in [6.07, 6.45) is 4.31. The van der Waals surface area contributed by atoms with E-state index < -0.39 is 0 Å². The van der Waals surface area contributed by atoms with E-state index in [0.717, 1.165) is 47.6 Å². The van der Waals surface area contributed by atoms with Crippen LogP contribution in [0.5, 0.6) is 11.5 Å². The molecule has 0 radical (unpaired) electrons. The van der Waals surface area contributed by atoms with E-state index in [9.17, 15) is 0 Å². The van der Waals surface area contributed by atoms with Crippen LogP contribution < -0.4 is 14.8 Å². The van der Waals surface area contributed by atoms with Crippen molar-refractivity contribution < 1.29 is 9.47 Å². The van der Waals surface area contributed by atoms with Gasteiger partial charge in [0.15, 0.2) is 0 Å². The zero-order valence-corrected chi connectivity index (χ0v) is 18.3. The van der Waals surface area contributed by atoms with E-state index in [1.165, 1.54) is 5.56 Å². The van der Waals surface area contributed by atoms with E-state index in [1.807, 2.05) is 25.0 Å². The van der Waals surface area contributed by atoms with Crippen LogP contribution in [0.4, 0.5) is 5.69 Å². The van der Waals surface area contributed by atoms with Gasteiger partial charge in [-0.15, -0.1) is 0 Å². The van der Waals surface area contributed by atoms with Crippen molar-refractivity contribution in [3.05, 3.63) is 39.1 Å². The molecule has 0 bridgehead atoms. The van der Waals surface area contributed by atoms with Gasteiger partial charge in [-0.3, -0.25) is 9.78 Å². The molecule has 1 aromatic carbocycles. The molecule has 0 spiro atoms. The Kier molecular flexibility index (Phi) is 5.36. The van der Waals surface area contributed by atoms with Gasteiger partial charge < -0.3 is 14.8 Å². The van der Waals surface area contributed by atoms with Crippen molar-refractivity contribution >= 4 is 28.9 Å². The number of anilines is 1. The summed E-state index contributed by atoms with van der Waals surface area (Å²) >= 11 is 13.3. The lowest BCUT2D eigenvalue weighted by atomic mass is 9.82. The molecule has 1 unspecified atom stereocenters. The normalized spacial score (nSPS) is 15.9. The molecule has 0 fully saturated rings. The van der Waals surface area contributed by atoms with Crippen molar-refractivity contribution in [2.75, 3.05) is 26.6 Å². The summed E-state index contributed by atoms with van der Waals surface area (Å²) < 4.78 is 12.7. The molecule has 0 saturated heterocycles. The van der Waals surface area contributed by atoms with Crippen molar-refractivity contribution in [1.29, 1.82) is 0 Å². The average Bonchev–Trinajstić information content (AvgIpc) is 3.30. The van der Waals surface area contributed by atoms with Crippen LogP contribution in [0.15, 0.2) is 12.3 Å². The number of benzene rings is 1. The molecule has 3 aromatic rings. The minimum Gasteiger partial charge on any atom is -0.495 e. The first-order valence-corrected chi connectivity index (χ1v) is 10.1. The molecule has 154 valence electrons. The van der Waals surface area contributed by atoms with Crippen LogP contribution in [0.2, 0.25) is 10.0 Å². The number of H-pyrrole nitrogens is 1. The fourth-order valence-corrected chi connectivity index (χ4v) is 4.92. The zero-order valence-electron chi connectivity index (χ0n) is 16.8. The van der Waals surface area contributed by atoms with E-state index in [0.29, 0.717) is 21.5 Å². The topological polar surface area (TPSA) is 77.0 Å². The summed E-state index contributed by atoms with van der Waals surface area (Å²) in [6.45, 7) is 0. The van der Waals surface area contributed by atoms with Gasteiger partial charge in [-0.25, -0.2) is 0 Å². The summed E-state index contributed by atoms with van der Waals surface area (Å²) in [5.41, 5.74) is 6.03. The molecule has 1 aliphatic rings. The smallest absolute Gasteiger partial charge is 0.141 e. The highest BCUT2D eigenvalue weighted by Gasteiger charge is 2.31. The molecule has 0 saturated carbocycles. The quantitative estimate of drug-likeness (QED) is 0.618. The molecular formula is C20H23Cl2N5O2. The molecule has 2 N–H and O–H groups in total. The van der Waals surface area contributed by atoms with Crippen LogP contribution in [0, 0.1) is 0 Å². The standard InChI is InChI=1S/C20H23Cl2N5O2/c1-23-13-9-24-27(2)20(13)19-11-6-5-10(7-12(11)25-26-19)16-17(21)14(28-3)8-15(29-4)18(16)22/h8-10,23H,5-7H2,1-4H3,(H,25,26). The van der Waals surface area contributed by atoms with Gasteiger partial charge in [0.1, 0.15) is 22.9 Å². The lowest BCUT2D eigenvalue weighted by molar-refractivity contribution is 0.392. The molecule has 29 heavy (non-hydrogen) atoms. The third-order valence-corrected chi connectivity index (χ3v) is 6.37. The third kappa shape index (κ3) is 3.22. The summed E-state index contributed by atoms with van der Waals surface area (Å²) in [5.74, 6) is 1.26. The molecular weight excluding hydrogens is 413 g/mol. The maximum Gasteiger partial charge on any atom is 0.141 e. The van der Waals surface area contributed by atoms with E-state index in [1.54, 1.807) is 20.3 Å². The molecule has 9 heteroatoms. The second kappa shape index (κ2) is 7.80. The van der Waals surface area contributed by atoms with Crippen molar-refractivity contribution in [1.82, 2.24) is 20.0 Å². The first-order chi connectivity index (χ1) is 14.0. The Morgan fingerprint density at radius 3 is 2.52 bits per heavy atom. The Bertz CT molecular complexity index is 1030. The molecule has 1 atom stereocenters. The van der Waals surface area contributed by atoms with E-state index in [-0.39, 0.29) is 5.92 Å². The lowest BCUT2D eigenvalue weighted by Gasteiger charge is -2.26. The SMILES string of the molecule is CNc1cnn(C)c1-c1n[nH]c2c1CCC(c1c(Cl)c(OC)cc(OC)c1Cl)C2. The van der Waals surface area contributed by atoms with Gasteiger partial charge in [0, 0.05) is 37.0 Å². The maximum absolute atomic E-state index is 6.64. The van der Waals surface area contributed by atoms with E-state index in [2.05, 4.69) is 20.6 Å². The number of nitrogens with zero attached hydrogens (tertiary/aromatic N) is 3. The highest BCUT2D eigenvalue weighted by Crippen LogP contribution is 2.48. The predicted molar refractivity (Wildman–Crippen MR) is 115 cm³/mol. The number of rotatable bonds is 5. The van der Waals surface area contributed by atoms with Crippen molar-refractivity contribution in [3.63, 3.8) is 0 Å². The second-order valence-electron chi connectivity index (χ2n) is 7.07. The first-order valence-electron chi connectivity index (χ1n) is 9.36. The van der Waals surface area contributed by atoms with Crippen LogP contribution >= 0.6 is 23.2 Å². The van der Waals surface area contributed by atoms with Crippen LogP contribution in [0.25, 0.3) is 11.4 Å². The fraction of sp³-hybridized carbons (Fsp3) is 0.400. The van der Waals surface area contributed by atoms with Crippen molar-refractivity contribution in [2.45, 2.75) is 25.2 Å². The molecule has 4 rings (SSSR count). The largest absolute Gasteiger partial charge is 0.495 e. The summed E-state index contributed by atoms with van der Waals surface area (Å²) in [7, 11) is 6.98. The van der Waals surface area contributed by atoms with E-state index in [4.69, 9.17) is 32.7 Å². The summed E-state index contributed by atoms with van der Waals surface area (Å²) in [6, 6.07) is 1.72. The van der Waals surface area contributed by atoms with Crippen LogP contribution in [-0.2, 0) is 19.9 Å². The van der Waals surface area contributed by atoms with Gasteiger partial charge in [0.25, 0.3) is 0 Å². The van der Waals surface area contributed by atoms with Gasteiger partial charge in [0.2, 0.25) is 0 Å². The molecule has 0 aliphatic heterocycles. The highest BCUT2D eigenvalue weighted by atomic mass is 35.5. The molecule has 1 aliphatic carbocycles. The third-order valence-electron chi connectivity index (χ3n) is 5.59. The molecule has 0 amide bonds. The second-order valence-corrected chi connectivity index (χ2v) is 7.83. The van der Waals surface area contributed by atoms with E-state index >= 15 is 0 Å². The van der Waals surface area contributed by atoms with Gasteiger partial charge in [0.05, 0.1) is 36.1 Å². The Hall–Kier alpha value is -2.38. The Labute approximate surface area is 179 Å². The number of aromatic amines is 1. The number of fused-ring (bicyclic) bond motifs is 1. The predicted octanol–water partition coefficient (Wildman–Crippen LogP) is 4.45. The number of nitrogens with one attached hydrogen (secondary N) is 2. The van der Waals surface area contributed by atoms with Gasteiger partial charge in [-0.2, -0.15) is 10.2 Å². The number of halogens is 2. The zero-order chi connectivity index (χ0) is 20.7. The average molecular weight is 436 g/mol. The molecule has 2 aromatic heterocycles. The maximum atomic E-state index is 6.64. The van der Waals surface area contributed by atoms with Crippen LogP contribution in [-0.4, -0.2) is 41.2 Å². The van der Waals surface area contributed by atoms with Gasteiger partial charge in [-0.1, -0.05) is 23.2 Å². The number of hydrogen-bond acceptors (Lipinski definition) is 5. The van der Waals surface area contributed by atoms with Crippen LogP contribution in [0.3, 0.4) is 0 Å². The minimum absolute atomic E-state index is 0.134. The number of hydrogen-bond donors (Lipinski definition) is 2. The number of aromatic nitrogens is 4. The van der Waals surface area contributed by atoms with Crippen LogP contribution in [0.1, 0.15) is 29.2 Å². The van der Waals surface area contributed by atoms with Gasteiger partial charge in [-0.05, 0) is 25.2 Å². The van der Waals surface area contributed by atoms with Crippen molar-refractivity contribution in [2.24, 2.45) is 7.05 Å². The Balaban J connectivity index is 1.73. The summed E-state index contributed by atoms with van der Waals surface area (Å²) in [5, 5.41) is 16.4. The number of methoxy groups -OCH3 is 2. The monoisotopic (exact) mass is 435 g/mol. The minimum atomic E-state index is 0.134. The first kappa shape index (κ1) is 19.9. The lowest BCUT2D eigenvalue weighted by Crippen LogP contribution is -2.14. The Morgan fingerprint density at radius 2 is 1.90 bits per heavy atom. The molecule has 2 heterocycles. The fourth-order valence-electron chi connectivity index (χ4n) is 4.11. The van der Waals surface area contributed by atoms with Gasteiger partial charge >= 0.3 is 0 Å². The summed E-state index contributed by atoms with van der Waals surface area (Å²) in [4.78, 5) is 0. The van der Waals surface area contributed by atoms with Crippen molar-refractivity contribution in [3.8, 4) is 22.9 Å². The number of aryl methyl sites for hydroxylation is 1. The Morgan fingerprint density at radius 1 is 1.21 bits per heavy atom.